The van der Waals surface area contributed by atoms with Crippen molar-refractivity contribution in [1.82, 2.24) is 4.90 Å². The highest BCUT2D eigenvalue weighted by Gasteiger charge is 2.32. The molecule has 1 saturated carbocycles. The number of benzene rings is 1. The minimum atomic E-state index is -3.73. The van der Waals surface area contributed by atoms with E-state index in [1.165, 1.54) is 12.1 Å². The molecule has 110 valence electrons. The van der Waals surface area contributed by atoms with Gasteiger partial charge in [-0.15, -0.1) is 0 Å². The number of nitrogens with zero attached hydrogens (tertiary/aromatic N) is 1. The third-order valence-electron chi connectivity index (χ3n) is 3.47. The van der Waals surface area contributed by atoms with Gasteiger partial charge in [-0.1, -0.05) is 6.92 Å². The second-order valence-electron chi connectivity index (χ2n) is 5.25. The summed E-state index contributed by atoms with van der Waals surface area (Å²) >= 11 is 0. The third-order valence-corrected chi connectivity index (χ3v) is 4.38. The van der Waals surface area contributed by atoms with Gasteiger partial charge in [0.25, 0.3) is 5.91 Å². The minimum Gasteiger partial charge on any atom is -0.336 e. The number of amides is 1. The Bertz CT molecular complexity index is 621. The van der Waals surface area contributed by atoms with Gasteiger partial charge < -0.3 is 4.90 Å². The Labute approximate surface area is 119 Å². The van der Waals surface area contributed by atoms with E-state index in [4.69, 9.17) is 5.14 Å². The Morgan fingerprint density at radius 1 is 1.40 bits per heavy atom. The first-order valence-corrected chi connectivity index (χ1v) is 8.33. The molecule has 1 aliphatic carbocycles. The molecular weight excluding hydrogens is 276 g/mol. The SMILES string of the molecule is CCCN(C(=O)c1ccc(S(N)(=O)=O)cc1C)C1CC1. The largest absolute Gasteiger partial charge is 0.336 e. The summed E-state index contributed by atoms with van der Waals surface area (Å²) < 4.78 is 22.6. The fraction of sp³-hybridized carbons (Fsp3) is 0.500. The molecule has 2 rings (SSSR count). The fourth-order valence-corrected chi connectivity index (χ4v) is 2.88. The van der Waals surface area contributed by atoms with Crippen LogP contribution in [0.15, 0.2) is 23.1 Å². The maximum atomic E-state index is 12.5. The number of hydrogen-bond donors (Lipinski definition) is 1. The first-order valence-electron chi connectivity index (χ1n) is 6.79. The Hall–Kier alpha value is -1.40. The molecule has 20 heavy (non-hydrogen) atoms. The number of carbonyl (C=O) groups is 1. The van der Waals surface area contributed by atoms with Gasteiger partial charge in [0, 0.05) is 18.2 Å². The van der Waals surface area contributed by atoms with Crippen molar-refractivity contribution in [3.8, 4) is 0 Å². The number of sulfonamides is 1. The van der Waals surface area contributed by atoms with E-state index < -0.39 is 10.0 Å². The van der Waals surface area contributed by atoms with Crippen molar-refractivity contribution in [1.29, 1.82) is 0 Å². The summed E-state index contributed by atoms with van der Waals surface area (Å²) in [5, 5.41) is 5.09. The standard InChI is InChI=1S/C14H20N2O3S/c1-3-8-16(11-4-5-11)14(17)13-7-6-12(9-10(13)2)20(15,18)19/h6-7,9,11H,3-5,8H2,1-2H3,(H2,15,18,19). The van der Waals surface area contributed by atoms with Gasteiger partial charge >= 0.3 is 0 Å². The molecule has 0 atom stereocenters. The summed E-state index contributed by atoms with van der Waals surface area (Å²) in [7, 11) is -3.73. The molecule has 0 bridgehead atoms. The van der Waals surface area contributed by atoms with Crippen molar-refractivity contribution in [2.45, 2.75) is 44.0 Å². The zero-order valence-electron chi connectivity index (χ0n) is 11.8. The second-order valence-corrected chi connectivity index (χ2v) is 6.81. The normalized spacial score (nSPS) is 15.2. The maximum absolute atomic E-state index is 12.5. The summed E-state index contributed by atoms with van der Waals surface area (Å²) in [4.78, 5) is 14.5. The lowest BCUT2D eigenvalue weighted by atomic mass is 10.1. The molecule has 0 saturated heterocycles. The van der Waals surface area contributed by atoms with Crippen LogP contribution in [0.3, 0.4) is 0 Å². The van der Waals surface area contributed by atoms with Gasteiger partial charge in [-0.05, 0) is 49.9 Å². The first-order chi connectivity index (χ1) is 9.34. The van der Waals surface area contributed by atoms with Gasteiger partial charge in [0.15, 0.2) is 0 Å². The molecule has 1 aliphatic rings. The second kappa shape index (κ2) is 5.54. The van der Waals surface area contributed by atoms with Crippen LogP contribution in [0.2, 0.25) is 0 Å². The van der Waals surface area contributed by atoms with Crippen LogP contribution < -0.4 is 5.14 Å². The number of aryl methyl sites for hydroxylation is 1. The lowest BCUT2D eigenvalue weighted by Crippen LogP contribution is -2.34. The molecular formula is C14H20N2O3S. The van der Waals surface area contributed by atoms with Crippen molar-refractivity contribution in [3.05, 3.63) is 29.3 Å². The molecule has 5 nitrogen and oxygen atoms in total. The van der Waals surface area contributed by atoms with Gasteiger partial charge in [-0.2, -0.15) is 0 Å². The molecule has 0 aliphatic heterocycles. The zero-order chi connectivity index (χ0) is 14.9. The quantitative estimate of drug-likeness (QED) is 0.897. The smallest absolute Gasteiger partial charge is 0.254 e. The third kappa shape index (κ3) is 3.19. The topological polar surface area (TPSA) is 80.5 Å². The van der Waals surface area contributed by atoms with Crippen LogP contribution in [0.25, 0.3) is 0 Å². The highest BCUT2D eigenvalue weighted by Crippen LogP contribution is 2.29. The van der Waals surface area contributed by atoms with Gasteiger partial charge in [-0.3, -0.25) is 4.79 Å². The summed E-state index contributed by atoms with van der Waals surface area (Å²) in [6.07, 6.45) is 3.02. The molecule has 1 fully saturated rings. The molecule has 0 unspecified atom stereocenters. The molecule has 0 aromatic heterocycles. The molecule has 1 amide bonds. The van der Waals surface area contributed by atoms with E-state index >= 15 is 0 Å². The zero-order valence-corrected chi connectivity index (χ0v) is 12.6. The van der Waals surface area contributed by atoms with Gasteiger partial charge in [0.05, 0.1) is 4.90 Å². The van der Waals surface area contributed by atoms with Gasteiger partial charge in [0.1, 0.15) is 0 Å². The van der Waals surface area contributed by atoms with Crippen molar-refractivity contribution in [2.24, 2.45) is 5.14 Å². The van der Waals surface area contributed by atoms with E-state index in [0.717, 1.165) is 25.8 Å². The predicted octanol–water partition coefficient (Wildman–Crippen LogP) is 1.66. The molecule has 0 radical (unpaired) electrons. The predicted molar refractivity (Wildman–Crippen MR) is 76.9 cm³/mol. The summed E-state index contributed by atoms with van der Waals surface area (Å²) in [5.74, 6) is -0.0205. The Balaban J connectivity index is 2.30. The molecule has 6 heteroatoms. The fourth-order valence-electron chi connectivity index (χ4n) is 2.28. The summed E-state index contributed by atoms with van der Waals surface area (Å²) in [6.45, 7) is 4.51. The van der Waals surface area contributed by atoms with Crippen LogP contribution in [0.4, 0.5) is 0 Å². The van der Waals surface area contributed by atoms with E-state index in [1.54, 1.807) is 13.0 Å². The van der Waals surface area contributed by atoms with E-state index in [2.05, 4.69) is 0 Å². The van der Waals surface area contributed by atoms with Crippen molar-refractivity contribution >= 4 is 15.9 Å². The summed E-state index contributed by atoms with van der Waals surface area (Å²) in [5.41, 5.74) is 1.20. The van der Waals surface area contributed by atoms with Crippen LogP contribution in [0, 0.1) is 6.92 Å². The molecule has 0 spiro atoms. The molecule has 1 aromatic carbocycles. The highest BCUT2D eigenvalue weighted by atomic mass is 32.2. The van der Waals surface area contributed by atoms with E-state index in [0.29, 0.717) is 17.2 Å². The van der Waals surface area contributed by atoms with Gasteiger partial charge in [-0.25, -0.2) is 13.6 Å². The number of nitrogens with two attached hydrogens (primary N) is 1. The van der Waals surface area contributed by atoms with Gasteiger partial charge in [0.2, 0.25) is 10.0 Å². The van der Waals surface area contributed by atoms with E-state index in [1.807, 2.05) is 11.8 Å². The average Bonchev–Trinajstić information content (AvgIpc) is 3.18. The Morgan fingerprint density at radius 3 is 2.50 bits per heavy atom. The first kappa shape index (κ1) is 15.0. The van der Waals surface area contributed by atoms with Crippen LogP contribution in [-0.2, 0) is 10.0 Å². The maximum Gasteiger partial charge on any atom is 0.254 e. The lowest BCUT2D eigenvalue weighted by Gasteiger charge is -2.22. The van der Waals surface area contributed by atoms with Crippen LogP contribution in [0.1, 0.15) is 42.1 Å². The number of carbonyl (C=O) groups excluding carboxylic acids is 1. The van der Waals surface area contributed by atoms with E-state index in [-0.39, 0.29) is 10.8 Å². The monoisotopic (exact) mass is 296 g/mol. The van der Waals surface area contributed by atoms with Crippen LogP contribution in [-0.4, -0.2) is 31.8 Å². The molecule has 2 N–H and O–H groups in total. The average molecular weight is 296 g/mol. The summed E-state index contributed by atoms with van der Waals surface area (Å²) in [6, 6.07) is 4.76. The number of primary sulfonamides is 1. The number of rotatable bonds is 5. The highest BCUT2D eigenvalue weighted by molar-refractivity contribution is 7.89. The van der Waals surface area contributed by atoms with Crippen molar-refractivity contribution < 1.29 is 13.2 Å². The Kier molecular flexibility index (Phi) is 4.15. The van der Waals surface area contributed by atoms with Crippen LogP contribution >= 0.6 is 0 Å². The van der Waals surface area contributed by atoms with E-state index in [9.17, 15) is 13.2 Å². The van der Waals surface area contributed by atoms with Crippen molar-refractivity contribution in [2.75, 3.05) is 6.54 Å². The lowest BCUT2D eigenvalue weighted by molar-refractivity contribution is 0.0742. The van der Waals surface area contributed by atoms with Crippen LogP contribution in [0.5, 0.6) is 0 Å². The number of hydrogen-bond acceptors (Lipinski definition) is 3. The molecule has 1 aromatic rings. The Morgan fingerprint density at radius 2 is 2.05 bits per heavy atom. The van der Waals surface area contributed by atoms with Crippen molar-refractivity contribution in [3.63, 3.8) is 0 Å². The molecule has 0 heterocycles. The minimum absolute atomic E-state index is 0.0205.